The molecule has 3 rings (SSSR count). The van der Waals surface area contributed by atoms with Crippen LogP contribution in [0.2, 0.25) is 0 Å². The highest BCUT2D eigenvalue weighted by atomic mass is 15.0. The van der Waals surface area contributed by atoms with E-state index in [9.17, 15) is 0 Å². The summed E-state index contributed by atoms with van der Waals surface area (Å²) in [6.07, 6.45) is 0. The van der Waals surface area contributed by atoms with Crippen molar-refractivity contribution in [3.05, 3.63) is 47.1 Å². The van der Waals surface area contributed by atoms with Gasteiger partial charge in [-0.05, 0) is 11.5 Å². The van der Waals surface area contributed by atoms with Gasteiger partial charge in [-0.2, -0.15) is 0 Å². The molecule has 3 heteroatoms. The van der Waals surface area contributed by atoms with Gasteiger partial charge >= 0.3 is 0 Å². The molecule has 2 aromatic rings. The van der Waals surface area contributed by atoms with Crippen LogP contribution in [0.4, 0.5) is 0 Å². The third-order valence-electron chi connectivity index (χ3n) is 2.32. The van der Waals surface area contributed by atoms with Crippen LogP contribution in [0.3, 0.4) is 0 Å². The molecule has 3 nitrogen and oxygen atoms in total. The van der Waals surface area contributed by atoms with Crippen molar-refractivity contribution in [3.63, 3.8) is 0 Å². The fourth-order valence-corrected chi connectivity index (χ4v) is 1.70. The predicted octanol–water partition coefficient (Wildman–Crippen LogP) is 1.03. The van der Waals surface area contributed by atoms with Crippen LogP contribution in [-0.2, 0) is 0 Å². The molecule has 0 saturated heterocycles. The average Bonchev–Trinajstić information content (AvgIpc) is 2.59. The summed E-state index contributed by atoms with van der Waals surface area (Å²) >= 11 is 0. The van der Waals surface area contributed by atoms with Crippen LogP contribution in [0.25, 0.3) is 10.8 Å². The molecular weight excluding hydrogens is 174 g/mol. The Balaban J connectivity index is 2.65. The van der Waals surface area contributed by atoms with Gasteiger partial charge in [0.05, 0.1) is 5.36 Å². The first-order valence-electron chi connectivity index (χ1n) is 4.38. The zero-order valence-electron chi connectivity index (χ0n) is 7.36. The lowest BCUT2D eigenvalue weighted by molar-refractivity contribution is 1.36. The number of rotatable bonds is 0. The summed E-state index contributed by atoms with van der Waals surface area (Å²) in [4.78, 5) is 8.12. The first-order valence-corrected chi connectivity index (χ1v) is 4.38. The standard InChI is InChI=1S/C11H7N3/c12-11-13-9-6-5-7-3-1-2-4-8(7)10(9)14-11/h1-6,12H. The van der Waals surface area contributed by atoms with Crippen LogP contribution in [0.15, 0.2) is 46.4 Å². The lowest BCUT2D eigenvalue weighted by atomic mass is 10.1. The van der Waals surface area contributed by atoms with E-state index in [0.29, 0.717) is 0 Å². The van der Waals surface area contributed by atoms with E-state index in [-0.39, 0.29) is 5.96 Å². The fraction of sp³-hybridized carbons (Fsp3) is 0. The SMILES string of the molecule is N=C1N=c2ccc3ccccc3c2=N1. The summed E-state index contributed by atoms with van der Waals surface area (Å²) in [5, 5.41) is 11.2. The molecule has 0 fully saturated rings. The third kappa shape index (κ3) is 0.893. The highest BCUT2D eigenvalue weighted by Gasteiger charge is 2.04. The summed E-state index contributed by atoms with van der Waals surface area (Å²) in [6, 6.07) is 11.9. The van der Waals surface area contributed by atoms with Gasteiger partial charge in [-0.1, -0.05) is 30.3 Å². The Kier molecular flexibility index (Phi) is 1.31. The van der Waals surface area contributed by atoms with Crippen LogP contribution < -0.4 is 10.7 Å². The van der Waals surface area contributed by atoms with Crippen LogP contribution in [0.1, 0.15) is 0 Å². The second-order valence-corrected chi connectivity index (χ2v) is 3.20. The second kappa shape index (κ2) is 2.48. The first kappa shape index (κ1) is 7.38. The molecule has 0 aromatic heterocycles. The van der Waals surface area contributed by atoms with Gasteiger partial charge in [0.1, 0.15) is 5.36 Å². The number of nitrogens with one attached hydrogen (secondary N) is 1. The highest BCUT2D eigenvalue weighted by Crippen LogP contribution is 2.07. The first-order chi connectivity index (χ1) is 6.84. The van der Waals surface area contributed by atoms with Gasteiger partial charge in [-0.25, -0.2) is 9.98 Å². The lowest BCUT2D eigenvalue weighted by Gasteiger charge is -1.94. The average molecular weight is 181 g/mol. The maximum absolute atomic E-state index is 7.38. The monoisotopic (exact) mass is 181 g/mol. The van der Waals surface area contributed by atoms with Crippen LogP contribution in [0, 0.1) is 5.41 Å². The van der Waals surface area contributed by atoms with Gasteiger partial charge in [0.15, 0.2) is 0 Å². The van der Waals surface area contributed by atoms with Crippen LogP contribution in [0.5, 0.6) is 0 Å². The van der Waals surface area contributed by atoms with Gasteiger partial charge in [-0.3, -0.25) is 5.41 Å². The number of hydrogen-bond donors (Lipinski definition) is 1. The molecule has 0 saturated carbocycles. The second-order valence-electron chi connectivity index (χ2n) is 3.20. The summed E-state index contributed by atoms with van der Waals surface area (Å²) in [6.45, 7) is 0. The minimum absolute atomic E-state index is 0.0938. The van der Waals surface area contributed by atoms with Crippen LogP contribution in [-0.4, -0.2) is 5.96 Å². The number of hydrogen-bond acceptors (Lipinski definition) is 1. The zero-order chi connectivity index (χ0) is 9.54. The molecular formula is C11H7N3. The van der Waals surface area contributed by atoms with Gasteiger partial charge in [0.25, 0.3) is 0 Å². The summed E-state index contributed by atoms with van der Waals surface area (Å²) in [7, 11) is 0. The van der Waals surface area contributed by atoms with E-state index < -0.39 is 0 Å². The molecule has 0 radical (unpaired) electrons. The third-order valence-corrected chi connectivity index (χ3v) is 2.32. The quantitative estimate of drug-likeness (QED) is 0.631. The van der Waals surface area contributed by atoms with Crippen molar-refractivity contribution >= 4 is 16.7 Å². The Bertz CT molecular complexity index is 656. The molecule has 0 bridgehead atoms. The molecule has 2 aromatic carbocycles. The van der Waals surface area contributed by atoms with Crippen molar-refractivity contribution in [1.29, 1.82) is 5.41 Å². The van der Waals surface area contributed by atoms with E-state index in [2.05, 4.69) is 9.98 Å². The molecule has 0 spiro atoms. The van der Waals surface area contributed by atoms with Crippen molar-refractivity contribution in [1.82, 2.24) is 0 Å². The Morgan fingerprint density at radius 3 is 2.71 bits per heavy atom. The molecule has 1 N–H and O–H groups in total. The number of benzene rings is 2. The van der Waals surface area contributed by atoms with E-state index in [4.69, 9.17) is 5.41 Å². The van der Waals surface area contributed by atoms with Crippen molar-refractivity contribution in [2.75, 3.05) is 0 Å². The topological polar surface area (TPSA) is 48.6 Å². The normalized spacial score (nSPS) is 13.6. The van der Waals surface area contributed by atoms with Crippen molar-refractivity contribution in [2.45, 2.75) is 0 Å². The minimum atomic E-state index is 0.0938. The van der Waals surface area contributed by atoms with E-state index in [1.165, 1.54) is 0 Å². The molecule has 0 unspecified atom stereocenters. The fourth-order valence-electron chi connectivity index (χ4n) is 1.70. The smallest absolute Gasteiger partial charge is 0.243 e. The minimum Gasteiger partial charge on any atom is -0.265 e. The Labute approximate surface area is 79.9 Å². The molecule has 0 atom stereocenters. The largest absolute Gasteiger partial charge is 0.265 e. The van der Waals surface area contributed by atoms with Crippen LogP contribution >= 0.6 is 0 Å². The maximum Gasteiger partial charge on any atom is 0.243 e. The van der Waals surface area contributed by atoms with Gasteiger partial charge in [-0.15, -0.1) is 0 Å². The molecule has 0 amide bonds. The van der Waals surface area contributed by atoms with Crippen molar-refractivity contribution in [3.8, 4) is 0 Å². The molecule has 66 valence electrons. The Morgan fingerprint density at radius 2 is 1.79 bits per heavy atom. The zero-order valence-corrected chi connectivity index (χ0v) is 7.36. The summed E-state index contributed by atoms with van der Waals surface area (Å²) in [5.74, 6) is 0.0938. The molecule has 1 aliphatic heterocycles. The Hall–Kier alpha value is -2.03. The summed E-state index contributed by atoms with van der Waals surface area (Å²) in [5.41, 5.74) is 0. The Morgan fingerprint density at radius 1 is 0.929 bits per heavy atom. The van der Waals surface area contributed by atoms with Crippen molar-refractivity contribution in [2.24, 2.45) is 9.98 Å². The lowest BCUT2D eigenvalue weighted by Crippen LogP contribution is -2.21. The van der Waals surface area contributed by atoms with Crippen molar-refractivity contribution < 1.29 is 0 Å². The van der Waals surface area contributed by atoms with Gasteiger partial charge in [0, 0.05) is 5.39 Å². The molecule has 1 aliphatic rings. The predicted molar refractivity (Wildman–Crippen MR) is 54.0 cm³/mol. The molecule has 0 aliphatic carbocycles. The summed E-state index contributed by atoms with van der Waals surface area (Å²) < 4.78 is 0. The van der Waals surface area contributed by atoms with E-state index in [1.807, 2.05) is 36.4 Å². The molecule has 1 heterocycles. The van der Waals surface area contributed by atoms with E-state index >= 15 is 0 Å². The van der Waals surface area contributed by atoms with Gasteiger partial charge in [0.2, 0.25) is 5.96 Å². The molecule has 14 heavy (non-hydrogen) atoms. The maximum atomic E-state index is 7.38. The number of guanidine groups is 1. The number of fused-ring (bicyclic) bond motifs is 3. The van der Waals surface area contributed by atoms with E-state index in [0.717, 1.165) is 21.5 Å². The highest BCUT2D eigenvalue weighted by molar-refractivity contribution is 5.86. The van der Waals surface area contributed by atoms with Gasteiger partial charge < -0.3 is 0 Å². The van der Waals surface area contributed by atoms with E-state index in [1.54, 1.807) is 0 Å². The number of nitrogens with zero attached hydrogens (tertiary/aromatic N) is 2.